The summed E-state index contributed by atoms with van der Waals surface area (Å²) in [6, 6.07) is 14.8. The summed E-state index contributed by atoms with van der Waals surface area (Å²) in [4.78, 5) is 5.57. The zero-order valence-electron chi connectivity index (χ0n) is 12.7. The van der Waals surface area contributed by atoms with Crippen LogP contribution in [0.4, 0.5) is 0 Å². The van der Waals surface area contributed by atoms with Crippen LogP contribution < -0.4 is 10.6 Å². The van der Waals surface area contributed by atoms with Gasteiger partial charge in [-0.2, -0.15) is 0 Å². The number of hydrogen-bond donors (Lipinski definition) is 2. The lowest BCUT2D eigenvalue weighted by Gasteiger charge is -2.15. The number of nitrogens with zero attached hydrogens (tertiary/aromatic N) is 1. The Morgan fingerprint density at radius 2 is 1.95 bits per heavy atom. The number of nitrogens with one attached hydrogen (secondary N) is 2. The van der Waals surface area contributed by atoms with Crippen molar-refractivity contribution in [2.45, 2.75) is 25.8 Å². The van der Waals surface area contributed by atoms with Gasteiger partial charge < -0.3 is 10.6 Å². The SMILES string of the molecule is CN=C(NCCC(C)c1ccccc1)NCc1cccs1. The second-order valence-electron chi connectivity index (χ2n) is 5.03. The molecule has 0 saturated heterocycles. The third kappa shape index (κ3) is 5.23. The minimum absolute atomic E-state index is 0.550. The van der Waals surface area contributed by atoms with E-state index in [2.05, 4.69) is 70.4 Å². The van der Waals surface area contributed by atoms with Gasteiger partial charge in [0, 0.05) is 18.5 Å². The maximum absolute atomic E-state index is 4.26. The van der Waals surface area contributed by atoms with Crippen molar-refractivity contribution in [1.29, 1.82) is 0 Å². The first-order valence-corrected chi connectivity index (χ1v) is 8.19. The topological polar surface area (TPSA) is 36.4 Å². The molecule has 0 saturated carbocycles. The van der Waals surface area contributed by atoms with Crippen molar-refractivity contribution < 1.29 is 0 Å². The number of rotatable bonds is 6. The molecule has 1 heterocycles. The lowest BCUT2D eigenvalue weighted by molar-refractivity contribution is 0.652. The number of hydrogen-bond acceptors (Lipinski definition) is 2. The maximum Gasteiger partial charge on any atom is 0.191 e. The summed E-state index contributed by atoms with van der Waals surface area (Å²) in [7, 11) is 1.81. The standard InChI is InChI=1S/C17H23N3S/c1-14(15-7-4-3-5-8-15)10-11-19-17(18-2)20-13-16-9-6-12-21-16/h3-9,12,14H,10-11,13H2,1-2H3,(H2,18,19,20). The van der Waals surface area contributed by atoms with Gasteiger partial charge in [-0.05, 0) is 29.3 Å². The van der Waals surface area contributed by atoms with Crippen LogP contribution in [0.2, 0.25) is 0 Å². The van der Waals surface area contributed by atoms with Crippen molar-refractivity contribution in [3.8, 4) is 0 Å². The number of benzene rings is 1. The molecular weight excluding hydrogens is 278 g/mol. The van der Waals surface area contributed by atoms with Gasteiger partial charge in [0.1, 0.15) is 0 Å². The van der Waals surface area contributed by atoms with Gasteiger partial charge in [-0.1, -0.05) is 43.3 Å². The quantitative estimate of drug-likeness (QED) is 0.632. The average molecular weight is 301 g/mol. The Labute approximate surface area is 131 Å². The lowest BCUT2D eigenvalue weighted by atomic mass is 9.98. The highest BCUT2D eigenvalue weighted by molar-refractivity contribution is 7.09. The molecule has 1 aromatic carbocycles. The molecule has 2 aromatic rings. The first-order valence-electron chi connectivity index (χ1n) is 7.31. The molecule has 0 amide bonds. The fraction of sp³-hybridized carbons (Fsp3) is 0.353. The molecule has 2 N–H and O–H groups in total. The van der Waals surface area contributed by atoms with Crippen molar-refractivity contribution in [1.82, 2.24) is 10.6 Å². The van der Waals surface area contributed by atoms with E-state index < -0.39 is 0 Å². The summed E-state index contributed by atoms with van der Waals surface area (Å²) in [5, 5.41) is 8.80. The molecule has 1 atom stereocenters. The highest BCUT2D eigenvalue weighted by Gasteiger charge is 2.05. The van der Waals surface area contributed by atoms with E-state index in [1.165, 1.54) is 10.4 Å². The Morgan fingerprint density at radius 1 is 1.14 bits per heavy atom. The summed E-state index contributed by atoms with van der Waals surface area (Å²) in [6.07, 6.45) is 1.09. The molecule has 1 unspecified atom stereocenters. The molecular formula is C17H23N3S. The van der Waals surface area contributed by atoms with E-state index in [-0.39, 0.29) is 0 Å². The Morgan fingerprint density at radius 3 is 2.62 bits per heavy atom. The highest BCUT2D eigenvalue weighted by Crippen LogP contribution is 2.17. The number of aliphatic imine (C=N–C) groups is 1. The van der Waals surface area contributed by atoms with E-state index in [4.69, 9.17) is 0 Å². The molecule has 1 aromatic heterocycles. The minimum atomic E-state index is 0.550. The van der Waals surface area contributed by atoms with Crippen molar-refractivity contribution >= 4 is 17.3 Å². The molecule has 0 aliphatic carbocycles. The Hall–Kier alpha value is -1.81. The van der Waals surface area contributed by atoms with E-state index in [0.717, 1.165) is 25.5 Å². The van der Waals surface area contributed by atoms with Gasteiger partial charge >= 0.3 is 0 Å². The van der Waals surface area contributed by atoms with Crippen LogP contribution in [0.5, 0.6) is 0 Å². The average Bonchev–Trinajstić information content (AvgIpc) is 3.04. The van der Waals surface area contributed by atoms with E-state index in [9.17, 15) is 0 Å². The second kappa shape index (κ2) is 8.47. The van der Waals surface area contributed by atoms with E-state index in [0.29, 0.717) is 5.92 Å². The molecule has 112 valence electrons. The zero-order valence-corrected chi connectivity index (χ0v) is 13.5. The molecule has 0 aliphatic heterocycles. The normalized spacial score (nSPS) is 13.0. The van der Waals surface area contributed by atoms with E-state index in [1.807, 2.05) is 7.05 Å². The first kappa shape index (κ1) is 15.6. The van der Waals surface area contributed by atoms with Gasteiger partial charge in [-0.25, -0.2) is 0 Å². The van der Waals surface area contributed by atoms with Crippen LogP contribution >= 0.6 is 11.3 Å². The monoisotopic (exact) mass is 301 g/mol. The summed E-state index contributed by atoms with van der Waals surface area (Å²) >= 11 is 1.76. The molecule has 3 nitrogen and oxygen atoms in total. The van der Waals surface area contributed by atoms with Crippen molar-refractivity contribution in [2.24, 2.45) is 4.99 Å². The summed E-state index contributed by atoms with van der Waals surface area (Å²) < 4.78 is 0. The molecule has 0 bridgehead atoms. The Kier molecular flexibility index (Phi) is 6.28. The third-order valence-corrected chi connectivity index (χ3v) is 4.35. The molecule has 0 spiro atoms. The van der Waals surface area contributed by atoms with Gasteiger partial charge in [0.05, 0.1) is 6.54 Å². The summed E-state index contributed by atoms with van der Waals surface area (Å²) in [6.45, 7) is 4.00. The van der Waals surface area contributed by atoms with Crippen molar-refractivity contribution in [3.05, 3.63) is 58.3 Å². The zero-order chi connectivity index (χ0) is 14.9. The van der Waals surface area contributed by atoms with Crippen LogP contribution in [-0.2, 0) is 6.54 Å². The maximum atomic E-state index is 4.26. The number of thiophene rings is 1. The van der Waals surface area contributed by atoms with Gasteiger partial charge in [-0.15, -0.1) is 11.3 Å². The Bertz CT molecular complexity index is 534. The van der Waals surface area contributed by atoms with Gasteiger partial charge in [0.25, 0.3) is 0 Å². The van der Waals surface area contributed by atoms with Crippen LogP contribution in [0.1, 0.15) is 29.7 Å². The van der Waals surface area contributed by atoms with E-state index >= 15 is 0 Å². The third-order valence-electron chi connectivity index (χ3n) is 3.47. The minimum Gasteiger partial charge on any atom is -0.356 e. The smallest absolute Gasteiger partial charge is 0.191 e. The molecule has 21 heavy (non-hydrogen) atoms. The largest absolute Gasteiger partial charge is 0.356 e. The van der Waals surface area contributed by atoms with Crippen LogP contribution in [0.25, 0.3) is 0 Å². The highest BCUT2D eigenvalue weighted by atomic mass is 32.1. The van der Waals surface area contributed by atoms with Crippen LogP contribution in [0, 0.1) is 0 Å². The lowest BCUT2D eigenvalue weighted by Crippen LogP contribution is -2.37. The van der Waals surface area contributed by atoms with Crippen LogP contribution in [-0.4, -0.2) is 19.6 Å². The molecule has 0 fully saturated rings. The molecule has 0 radical (unpaired) electrons. The fourth-order valence-corrected chi connectivity index (χ4v) is 2.80. The predicted octanol–water partition coefficient (Wildman–Crippen LogP) is 3.61. The van der Waals surface area contributed by atoms with Crippen LogP contribution in [0.15, 0.2) is 52.8 Å². The first-order chi connectivity index (χ1) is 10.3. The van der Waals surface area contributed by atoms with Crippen LogP contribution in [0.3, 0.4) is 0 Å². The number of guanidine groups is 1. The van der Waals surface area contributed by atoms with Crippen molar-refractivity contribution in [2.75, 3.05) is 13.6 Å². The van der Waals surface area contributed by atoms with Gasteiger partial charge in [-0.3, -0.25) is 4.99 Å². The van der Waals surface area contributed by atoms with E-state index in [1.54, 1.807) is 11.3 Å². The van der Waals surface area contributed by atoms with Gasteiger partial charge in [0.15, 0.2) is 5.96 Å². The molecule has 2 rings (SSSR count). The summed E-state index contributed by atoms with van der Waals surface area (Å²) in [5.74, 6) is 1.41. The summed E-state index contributed by atoms with van der Waals surface area (Å²) in [5.41, 5.74) is 1.39. The molecule has 4 heteroatoms. The second-order valence-corrected chi connectivity index (χ2v) is 6.06. The Balaban J connectivity index is 1.71. The van der Waals surface area contributed by atoms with Gasteiger partial charge in [0.2, 0.25) is 0 Å². The van der Waals surface area contributed by atoms with Crippen molar-refractivity contribution in [3.63, 3.8) is 0 Å². The predicted molar refractivity (Wildman–Crippen MR) is 92.0 cm³/mol. The fourth-order valence-electron chi connectivity index (χ4n) is 2.16. The molecule has 0 aliphatic rings.